The van der Waals surface area contributed by atoms with Crippen molar-refractivity contribution in [3.63, 3.8) is 0 Å². The molecule has 0 aliphatic heterocycles. The lowest BCUT2D eigenvalue weighted by atomic mass is 10.1. The first-order valence-corrected chi connectivity index (χ1v) is 6.81. The molecule has 100 valence electrons. The molecule has 2 aromatic rings. The zero-order valence-corrected chi connectivity index (χ0v) is 11.6. The smallest absolute Gasteiger partial charge is 0.127 e. The summed E-state index contributed by atoms with van der Waals surface area (Å²) >= 11 is 0. The Morgan fingerprint density at radius 1 is 1.16 bits per heavy atom. The molecule has 1 aromatic heterocycles. The van der Waals surface area contributed by atoms with Crippen LogP contribution in [0.2, 0.25) is 0 Å². The van der Waals surface area contributed by atoms with Crippen LogP contribution < -0.4 is 10.6 Å². The van der Waals surface area contributed by atoms with E-state index in [2.05, 4.69) is 59.8 Å². The van der Waals surface area contributed by atoms with Crippen LogP contribution in [0, 0.1) is 0 Å². The third-order valence-corrected chi connectivity index (χ3v) is 3.00. The van der Waals surface area contributed by atoms with Gasteiger partial charge in [0, 0.05) is 30.5 Å². The predicted molar refractivity (Wildman–Crippen MR) is 81.5 cm³/mol. The van der Waals surface area contributed by atoms with Crippen LogP contribution in [0.15, 0.2) is 48.7 Å². The van der Waals surface area contributed by atoms with Crippen LogP contribution in [0.3, 0.4) is 0 Å². The zero-order chi connectivity index (χ0) is 13.5. The van der Waals surface area contributed by atoms with E-state index in [1.165, 1.54) is 5.56 Å². The number of nitrogens with zero attached hydrogens (tertiary/aromatic N) is 1. The van der Waals surface area contributed by atoms with Gasteiger partial charge < -0.3 is 10.6 Å². The van der Waals surface area contributed by atoms with Crippen LogP contribution in [0.5, 0.6) is 0 Å². The highest BCUT2D eigenvalue weighted by molar-refractivity contribution is 5.53. The number of anilines is 2. The Balaban J connectivity index is 2.02. The van der Waals surface area contributed by atoms with Crippen LogP contribution >= 0.6 is 0 Å². The van der Waals surface area contributed by atoms with Crippen molar-refractivity contribution in [2.45, 2.75) is 26.3 Å². The van der Waals surface area contributed by atoms with Crippen molar-refractivity contribution in [1.82, 2.24) is 4.98 Å². The molecule has 0 aliphatic carbocycles. The van der Waals surface area contributed by atoms with Crippen molar-refractivity contribution in [1.29, 1.82) is 0 Å². The van der Waals surface area contributed by atoms with Gasteiger partial charge in [0.1, 0.15) is 5.82 Å². The molecule has 0 bridgehead atoms. The van der Waals surface area contributed by atoms with Crippen LogP contribution in [-0.2, 0) is 0 Å². The van der Waals surface area contributed by atoms with Gasteiger partial charge >= 0.3 is 0 Å². The standard InChI is InChI=1S/C16H21N3/c1-3-10-17-16-12-15(9-11-18-16)19-13(2)14-7-5-4-6-8-14/h4-9,11-13H,3,10H2,1-2H3,(H2,17,18,19). The normalized spacial score (nSPS) is 11.9. The van der Waals surface area contributed by atoms with E-state index in [0.29, 0.717) is 0 Å². The Labute approximate surface area is 115 Å². The van der Waals surface area contributed by atoms with Crippen LogP contribution in [-0.4, -0.2) is 11.5 Å². The molecular weight excluding hydrogens is 234 g/mol. The molecule has 0 aliphatic rings. The highest BCUT2D eigenvalue weighted by Gasteiger charge is 2.04. The van der Waals surface area contributed by atoms with E-state index in [0.717, 1.165) is 24.5 Å². The topological polar surface area (TPSA) is 37.0 Å². The SMILES string of the molecule is CCCNc1cc(NC(C)c2ccccc2)ccn1. The van der Waals surface area contributed by atoms with Gasteiger partial charge in [0.2, 0.25) is 0 Å². The van der Waals surface area contributed by atoms with E-state index in [9.17, 15) is 0 Å². The second kappa shape index (κ2) is 6.78. The molecule has 19 heavy (non-hydrogen) atoms. The average Bonchev–Trinajstić information content (AvgIpc) is 2.46. The van der Waals surface area contributed by atoms with Gasteiger partial charge in [-0.05, 0) is 25.0 Å². The molecule has 0 fully saturated rings. The number of hydrogen-bond donors (Lipinski definition) is 2. The number of hydrogen-bond acceptors (Lipinski definition) is 3. The van der Waals surface area contributed by atoms with Gasteiger partial charge in [-0.1, -0.05) is 37.3 Å². The predicted octanol–water partition coefficient (Wildman–Crippen LogP) is 4.08. The summed E-state index contributed by atoms with van der Waals surface area (Å²) in [6.07, 6.45) is 2.93. The molecular formula is C16H21N3. The maximum absolute atomic E-state index is 4.31. The second-order valence-electron chi connectivity index (χ2n) is 4.63. The Morgan fingerprint density at radius 2 is 1.95 bits per heavy atom. The van der Waals surface area contributed by atoms with Gasteiger partial charge in [-0.15, -0.1) is 0 Å². The second-order valence-corrected chi connectivity index (χ2v) is 4.63. The molecule has 1 atom stereocenters. The summed E-state index contributed by atoms with van der Waals surface area (Å²) in [5, 5.41) is 6.79. The van der Waals surface area contributed by atoms with Crippen molar-refractivity contribution >= 4 is 11.5 Å². The lowest BCUT2D eigenvalue weighted by Gasteiger charge is -2.16. The van der Waals surface area contributed by atoms with Crippen LogP contribution in [0.1, 0.15) is 31.9 Å². The number of pyridine rings is 1. The van der Waals surface area contributed by atoms with Gasteiger partial charge in [-0.3, -0.25) is 0 Å². The number of aromatic nitrogens is 1. The van der Waals surface area contributed by atoms with Gasteiger partial charge in [0.25, 0.3) is 0 Å². The molecule has 1 aromatic carbocycles. The van der Waals surface area contributed by atoms with Crippen molar-refractivity contribution < 1.29 is 0 Å². The molecule has 0 radical (unpaired) electrons. The third-order valence-electron chi connectivity index (χ3n) is 3.00. The summed E-state index contributed by atoms with van der Waals surface area (Å²) in [5.41, 5.74) is 2.37. The van der Waals surface area contributed by atoms with Gasteiger partial charge in [-0.25, -0.2) is 4.98 Å². The Kier molecular flexibility index (Phi) is 4.78. The van der Waals surface area contributed by atoms with E-state index in [-0.39, 0.29) is 6.04 Å². The minimum atomic E-state index is 0.280. The van der Waals surface area contributed by atoms with Crippen molar-refractivity contribution in [2.24, 2.45) is 0 Å². The highest BCUT2D eigenvalue weighted by Crippen LogP contribution is 2.20. The highest BCUT2D eigenvalue weighted by atomic mass is 15.0. The number of rotatable bonds is 6. The number of nitrogens with one attached hydrogen (secondary N) is 2. The summed E-state index contributed by atoms with van der Waals surface area (Å²) in [5.74, 6) is 0.923. The van der Waals surface area contributed by atoms with Crippen LogP contribution in [0.4, 0.5) is 11.5 Å². The summed E-state index contributed by atoms with van der Waals surface area (Å²) < 4.78 is 0. The zero-order valence-electron chi connectivity index (χ0n) is 11.6. The largest absolute Gasteiger partial charge is 0.378 e. The first kappa shape index (κ1) is 13.4. The average molecular weight is 255 g/mol. The van der Waals surface area contributed by atoms with E-state index in [1.54, 1.807) is 0 Å². The minimum absolute atomic E-state index is 0.280. The van der Waals surface area contributed by atoms with Gasteiger partial charge in [0.05, 0.1) is 0 Å². The maximum atomic E-state index is 4.31. The van der Waals surface area contributed by atoms with E-state index in [1.807, 2.05) is 18.3 Å². The van der Waals surface area contributed by atoms with Crippen molar-refractivity contribution in [3.8, 4) is 0 Å². The fourth-order valence-corrected chi connectivity index (χ4v) is 1.95. The number of benzene rings is 1. The van der Waals surface area contributed by atoms with Crippen molar-refractivity contribution in [2.75, 3.05) is 17.2 Å². The fraction of sp³-hybridized carbons (Fsp3) is 0.312. The van der Waals surface area contributed by atoms with E-state index in [4.69, 9.17) is 0 Å². The van der Waals surface area contributed by atoms with E-state index >= 15 is 0 Å². The van der Waals surface area contributed by atoms with Gasteiger partial charge in [0.15, 0.2) is 0 Å². The lowest BCUT2D eigenvalue weighted by Crippen LogP contribution is -2.07. The van der Waals surface area contributed by atoms with Gasteiger partial charge in [-0.2, -0.15) is 0 Å². The van der Waals surface area contributed by atoms with E-state index < -0.39 is 0 Å². The van der Waals surface area contributed by atoms with Crippen molar-refractivity contribution in [3.05, 3.63) is 54.2 Å². The molecule has 3 nitrogen and oxygen atoms in total. The Hall–Kier alpha value is -2.03. The Morgan fingerprint density at radius 3 is 2.68 bits per heavy atom. The van der Waals surface area contributed by atoms with Crippen LogP contribution in [0.25, 0.3) is 0 Å². The summed E-state index contributed by atoms with van der Waals surface area (Å²) in [6.45, 7) is 5.26. The summed E-state index contributed by atoms with van der Waals surface area (Å²) in [6, 6.07) is 14.8. The quantitative estimate of drug-likeness (QED) is 0.816. The molecule has 2 N–H and O–H groups in total. The minimum Gasteiger partial charge on any atom is -0.378 e. The molecule has 1 heterocycles. The summed E-state index contributed by atoms with van der Waals surface area (Å²) in [4.78, 5) is 4.31. The molecule has 2 rings (SSSR count). The third kappa shape index (κ3) is 3.98. The molecule has 0 saturated heterocycles. The molecule has 1 unspecified atom stereocenters. The monoisotopic (exact) mass is 255 g/mol. The fourth-order valence-electron chi connectivity index (χ4n) is 1.95. The molecule has 3 heteroatoms. The molecule has 0 saturated carbocycles. The first-order chi connectivity index (χ1) is 9.29. The molecule has 0 amide bonds. The summed E-state index contributed by atoms with van der Waals surface area (Å²) in [7, 11) is 0. The Bertz CT molecular complexity index is 496. The maximum Gasteiger partial charge on any atom is 0.127 e. The molecule has 0 spiro atoms. The first-order valence-electron chi connectivity index (χ1n) is 6.81. The lowest BCUT2D eigenvalue weighted by molar-refractivity contribution is 0.883.